The zero-order chi connectivity index (χ0) is 23.4. The van der Waals surface area contributed by atoms with Gasteiger partial charge in [-0.3, -0.25) is 9.69 Å². The number of aryl methyl sites for hydroxylation is 1. The Morgan fingerprint density at radius 2 is 1.91 bits per heavy atom. The molecule has 5 nitrogen and oxygen atoms in total. The number of amides is 1. The maximum Gasteiger partial charge on any atom is 0.270 e. The minimum Gasteiger partial charge on any atom is -0.493 e. The molecule has 0 aromatic heterocycles. The van der Waals surface area contributed by atoms with Crippen LogP contribution < -0.4 is 14.4 Å². The summed E-state index contributed by atoms with van der Waals surface area (Å²) >= 11 is 6.74. The van der Waals surface area contributed by atoms with Gasteiger partial charge in [-0.2, -0.15) is 5.26 Å². The highest BCUT2D eigenvalue weighted by molar-refractivity contribution is 8.27. The normalized spacial score (nSPS) is 14.5. The van der Waals surface area contributed by atoms with E-state index < -0.39 is 0 Å². The van der Waals surface area contributed by atoms with Gasteiger partial charge < -0.3 is 9.47 Å². The van der Waals surface area contributed by atoms with Gasteiger partial charge in [-0.05, 0) is 54.5 Å². The first-order valence-corrected chi connectivity index (χ1v) is 11.4. The molecule has 7 heteroatoms. The van der Waals surface area contributed by atoms with E-state index in [0.717, 1.165) is 22.4 Å². The Hall–Kier alpha value is -3.60. The maximum absolute atomic E-state index is 13.0. The lowest BCUT2D eigenvalue weighted by Gasteiger charge is -2.15. The number of anilines is 1. The highest BCUT2D eigenvalue weighted by Crippen LogP contribution is 2.37. The summed E-state index contributed by atoms with van der Waals surface area (Å²) in [5, 5.41) is 9.25. The van der Waals surface area contributed by atoms with Crippen molar-refractivity contribution in [3.8, 4) is 17.6 Å². The van der Waals surface area contributed by atoms with E-state index in [9.17, 15) is 10.1 Å². The number of nitrogens with zero attached hydrogens (tertiary/aromatic N) is 2. The molecule has 0 N–H and O–H groups in total. The van der Waals surface area contributed by atoms with Crippen molar-refractivity contribution < 1.29 is 14.3 Å². The highest BCUT2D eigenvalue weighted by Gasteiger charge is 2.33. The van der Waals surface area contributed by atoms with Crippen molar-refractivity contribution in [2.75, 3.05) is 12.0 Å². The Kier molecular flexibility index (Phi) is 6.78. The molecule has 1 aliphatic heterocycles. The highest BCUT2D eigenvalue weighted by atomic mass is 32.2. The fraction of sp³-hybridized carbons (Fsp3) is 0.115. The van der Waals surface area contributed by atoms with Crippen molar-refractivity contribution in [1.82, 2.24) is 0 Å². The zero-order valence-corrected chi connectivity index (χ0v) is 19.7. The van der Waals surface area contributed by atoms with Crippen LogP contribution in [0.25, 0.3) is 6.08 Å². The second-order valence-electron chi connectivity index (χ2n) is 7.32. The second kappa shape index (κ2) is 9.90. The molecule has 1 fully saturated rings. The Morgan fingerprint density at radius 3 is 2.67 bits per heavy atom. The maximum atomic E-state index is 13.0. The van der Waals surface area contributed by atoms with Gasteiger partial charge in [0.2, 0.25) is 0 Å². The van der Waals surface area contributed by atoms with E-state index in [2.05, 4.69) is 6.07 Å². The summed E-state index contributed by atoms with van der Waals surface area (Å²) < 4.78 is 11.9. The fourth-order valence-corrected chi connectivity index (χ4v) is 4.71. The summed E-state index contributed by atoms with van der Waals surface area (Å²) in [5.74, 6) is 0.935. The molecule has 0 unspecified atom stereocenters. The van der Waals surface area contributed by atoms with Crippen LogP contribution in [0.3, 0.4) is 0 Å². The molecule has 0 saturated carbocycles. The van der Waals surface area contributed by atoms with E-state index >= 15 is 0 Å². The molecule has 33 heavy (non-hydrogen) atoms. The number of hydrogen-bond donors (Lipinski definition) is 0. The Bertz CT molecular complexity index is 1310. The molecule has 0 aliphatic carbocycles. The van der Waals surface area contributed by atoms with Crippen molar-refractivity contribution in [2.45, 2.75) is 13.5 Å². The number of benzene rings is 3. The third-order valence-electron chi connectivity index (χ3n) is 5.06. The lowest BCUT2D eigenvalue weighted by Crippen LogP contribution is -2.27. The molecule has 3 aromatic carbocycles. The molecule has 164 valence electrons. The molecule has 1 saturated heterocycles. The lowest BCUT2D eigenvalue weighted by molar-refractivity contribution is -0.113. The molecule has 1 heterocycles. The van der Waals surface area contributed by atoms with Crippen molar-refractivity contribution in [1.29, 1.82) is 5.26 Å². The molecule has 0 bridgehead atoms. The quantitative estimate of drug-likeness (QED) is 0.331. The number of thioether (sulfide) groups is 1. The molecule has 3 aromatic rings. The van der Waals surface area contributed by atoms with E-state index in [4.69, 9.17) is 21.7 Å². The first-order valence-electron chi connectivity index (χ1n) is 10.1. The van der Waals surface area contributed by atoms with E-state index in [1.54, 1.807) is 30.2 Å². The van der Waals surface area contributed by atoms with Crippen molar-refractivity contribution in [3.05, 3.63) is 93.9 Å². The predicted octanol–water partition coefficient (Wildman–Crippen LogP) is 5.86. The van der Waals surface area contributed by atoms with Gasteiger partial charge in [-0.25, -0.2) is 0 Å². The monoisotopic (exact) mass is 472 g/mol. The van der Waals surface area contributed by atoms with Crippen LogP contribution in [0.4, 0.5) is 5.69 Å². The van der Waals surface area contributed by atoms with Gasteiger partial charge in [0.1, 0.15) is 6.61 Å². The van der Waals surface area contributed by atoms with Gasteiger partial charge in [-0.1, -0.05) is 60.4 Å². The Morgan fingerprint density at radius 1 is 1.09 bits per heavy atom. The molecule has 1 aliphatic rings. The molecular weight excluding hydrogens is 452 g/mol. The number of hydrogen-bond acceptors (Lipinski definition) is 6. The van der Waals surface area contributed by atoms with Crippen molar-refractivity contribution in [3.63, 3.8) is 0 Å². The Labute approximate surface area is 202 Å². The van der Waals surface area contributed by atoms with Crippen LogP contribution >= 0.6 is 24.0 Å². The summed E-state index contributed by atoms with van der Waals surface area (Å²) in [6.45, 7) is 2.22. The average molecular weight is 473 g/mol. The number of thiocarbonyl (C=S) groups is 1. The van der Waals surface area contributed by atoms with E-state index in [1.807, 2.05) is 61.5 Å². The van der Waals surface area contributed by atoms with E-state index in [-0.39, 0.29) is 12.5 Å². The largest absolute Gasteiger partial charge is 0.493 e. The van der Waals surface area contributed by atoms with Crippen molar-refractivity contribution in [2.24, 2.45) is 0 Å². The molecule has 4 rings (SSSR count). The number of carbonyl (C=O) groups excluding carboxylic acids is 1. The smallest absolute Gasteiger partial charge is 0.270 e. The van der Waals surface area contributed by atoms with Gasteiger partial charge in [-0.15, -0.1) is 0 Å². The Balaban J connectivity index is 1.55. The number of carbonyl (C=O) groups is 1. The summed E-state index contributed by atoms with van der Waals surface area (Å²) in [6, 6.07) is 22.6. The number of methoxy groups -OCH3 is 1. The van der Waals surface area contributed by atoms with Crippen LogP contribution in [0.5, 0.6) is 11.5 Å². The van der Waals surface area contributed by atoms with Crippen LogP contribution in [-0.2, 0) is 11.4 Å². The fourth-order valence-electron chi connectivity index (χ4n) is 3.41. The standard InChI is InChI=1S/C26H20N2O3S2/c1-17-6-5-9-21(12-17)28-25(29)24(33-26(28)32)14-18-10-11-22(23(13-18)30-2)31-16-20-8-4-3-7-19(20)15-27/h3-14H,16H2,1-2H3/b24-14+. The van der Waals surface area contributed by atoms with Gasteiger partial charge in [0.05, 0.1) is 29.3 Å². The number of nitriles is 1. The summed E-state index contributed by atoms with van der Waals surface area (Å²) in [7, 11) is 1.56. The van der Waals surface area contributed by atoms with Crippen LogP contribution in [-0.4, -0.2) is 17.3 Å². The van der Waals surface area contributed by atoms with Crippen LogP contribution in [0.2, 0.25) is 0 Å². The zero-order valence-electron chi connectivity index (χ0n) is 18.1. The number of rotatable bonds is 6. The third kappa shape index (κ3) is 4.92. The minimum absolute atomic E-state index is 0.150. The van der Waals surface area contributed by atoms with E-state index in [1.165, 1.54) is 11.8 Å². The predicted molar refractivity (Wildman–Crippen MR) is 135 cm³/mol. The summed E-state index contributed by atoms with van der Waals surface area (Å²) in [6.07, 6.45) is 1.80. The third-order valence-corrected chi connectivity index (χ3v) is 6.36. The second-order valence-corrected chi connectivity index (χ2v) is 9.00. The number of ether oxygens (including phenoxy) is 2. The van der Waals surface area contributed by atoms with Crippen molar-refractivity contribution >= 4 is 46.0 Å². The summed E-state index contributed by atoms with van der Waals surface area (Å²) in [5.41, 5.74) is 3.99. The van der Waals surface area contributed by atoms with Crippen LogP contribution in [0.15, 0.2) is 71.6 Å². The van der Waals surface area contributed by atoms with Crippen LogP contribution in [0.1, 0.15) is 22.3 Å². The first kappa shape index (κ1) is 22.6. The minimum atomic E-state index is -0.150. The molecule has 0 atom stereocenters. The molecule has 0 spiro atoms. The molecular formula is C26H20N2O3S2. The topological polar surface area (TPSA) is 62.6 Å². The van der Waals surface area contributed by atoms with Gasteiger partial charge in [0.15, 0.2) is 15.8 Å². The molecule has 1 amide bonds. The SMILES string of the molecule is COc1cc(/C=C2/SC(=S)N(c3cccc(C)c3)C2=O)ccc1OCc1ccccc1C#N. The van der Waals surface area contributed by atoms with E-state index in [0.29, 0.717) is 26.3 Å². The van der Waals surface area contributed by atoms with Gasteiger partial charge >= 0.3 is 0 Å². The van der Waals surface area contributed by atoms with Gasteiger partial charge in [0, 0.05) is 5.56 Å². The average Bonchev–Trinajstić information content (AvgIpc) is 3.10. The first-order chi connectivity index (χ1) is 16.0. The van der Waals surface area contributed by atoms with Gasteiger partial charge in [0.25, 0.3) is 5.91 Å². The summed E-state index contributed by atoms with van der Waals surface area (Å²) in [4.78, 5) is 15.1. The molecule has 0 radical (unpaired) electrons. The van der Waals surface area contributed by atoms with Crippen LogP contribution in [0, 0.1) is 18.3 Å². The lowest BCUT2D eigenvalue weighted by atomic mass is 10.1.